The molecule has 1 rings (SSSR count). The van der Waals surface area contributed by atoms with Crippen molar-refractivity contribution in [3.05, 3.63) is 18.2 Å². The van der Waals surface area contributed by atoms with Gasteiger partial charge in [0.25, 0.3) is 0 Å². The fourth-order valence-electron chi connectivity index (χ4n) is 2.61. The van der Waals surface area contributed by atoms with Crippen molar-refractivity contribution < 1.29 is 39.0 Å². The van der Waals surface area contributed by atoms with Crippen LogP contribution in [0.5, 0.6) is 0 Å². The van der Waals surface area contributed by atoms with Gasteiger partial charge in [-0.15, -0.1) is 0 Å². The molecule has 4 unspecified atom stereocenters. The van der Waals surface area contributed by atoms with Crippen LogP contribution in [0.3, 0.4) is 0 Å². The van der Waals surface area contributed by atoms with E-state index in [2.05, 4.69) is 25.9 Å². The van der Waals surface area contributed by atoms with Crippen LogP contribution in [-0.2, 0) is 35.2 Å². The molecular formula is C18H27N7O8. The summed E-state index contributed by atoms with van der Waals surface area (Å²) in [6.07, 6.45) is 1.01. The van der Waals surface area contributed by atoms with Crippen molar-refractivity contribution in [2.75, 3.05) is 0 Å². The Bertz CT molecular complexity index is 871. The third-order valence-electron chi connectivity index (χ3n) is 4.33. The van der Waals surface area contributed by atoms with Crippen molar-refractivity contribution in [3.8, 4) is 0 Å². The molecule has 0 saturated heterocycles. The van der Waals surface area contributed by atoms with E-state index in [1.54, 1.807) is 0 Å². The van der Waals surface area contributed by atoms with Crippen LogP contribution in [0, 0.1) is 0 Å². The molecule has 0 bridgehead atoms. The third-order valence-corrected chi connectivity index (χ3v) is 4.33. The molecule has 15 heteroatoms. The molecule has 4 amide bonds. The topological polar surface area (TPSA) is 260 Å². The molecule has 33 heavy (non-hydrogen) atoms. The molecule has 1 aromatic heterocycles. The Kier molecular flexibility index (Phi) is 10.4. The van der Waals surface area contributed by atoms with E-state index in [1.165, 1.54) is 19.4 Å². The van der Waals surface area contributed by atoms with Gasteiger partial charge in [-0.1, -0.05) is 0 Å². The lowest BCUT2D eigenvalue weighted by Crippen LogP contribution is -2.57. The number of carbonyl (C=O) groups is 6. The van der Waals surface area contributed by atoms with Crippen molar-refractivity contribution in [2.24, 2.45) is 11.5 Å². The number of carboxylic acid groups (broad SMARTS) is 2. The highest BCUT2D eigenvalue weighted by Crippen LogP contribution is 2.04. The molecular weight excluding hydrogens is 442 g/mol. The molecule has 0 fully saturated rings. The summed E-state index contributed by atoms with van der Waals surface area (Å²) in [6.45, 7) is 1.34. The first-order valence-corrected chi connectivity index (χ1v) is 9.77. The van der Waals surface area contributed by atoms with Gasteiger partial charge in [0.2, 0.25) is 23.6 Å². The van der Waals surface area contributed by atoms with Gasteiger partial charge in [-0.2, -0.15) is 0 Å². The van der Waals surface area contributed by atoms with Gasteiger partial charge in [-0.25, -0.2) is 9.78 Å². The lowest BCUT2D eigenvalue weighted by atomic mass is 10.1. The van der Waals surface area contributed by atoms with Crippen LogP contribution < -0.4 is 27.4 Å². The van der Waals surface area contributed by atoms with E-state index in [4.69, 9.17) is 16.6 Å². The number of aromatic amines is 1. The highest BCUT2D eigenvalue weighted by Gasteiger charge is 2.31. The number of imidazole rings is 1. The van der Waals surface area contributed by atoms with E-state index >= 15 is 0 Å². The number of hydrogen-bond donors (Lipinski definition) is 8. The number of amides is 4. The molecule has 10 N–H and O–H groups in total. The Morgan fingerprint density at radius 1 is 1.00 bits per heavy atom. The number of nitrogens with two attached hydrogens (primary N) is 2. The van der Waals surface area contributed by atoms with Crippen LogP contribution in [0.25, 0.3) is 0 Å². The largest absolute Gasteiger partial charge is 0.481 e. The van der Waals surface area contributed by atoms with Crippen LogP contribution in [0.4, 0.5) is 0 Å². The van der Waals surface area contributed by atoms with Gasteiger partial charge in [0, 0.05) is 24.7 Å². The first-order valence-electron chi connectivity index (χ1n) is 9.77. The number of rotatable bonds is 14. The summed E-state index contributed by atoms with van der Waals surface area (Å²) in [4.78, 5) is 77.5. The summed E-state index contributed by atoms with van der Waals surface area (Å²) in [5, 5.41) is 24.9. The molecule has 0 radical (unpaired) electrons. The van der Waals surface area contributed by atoms with Gasteiger partial charge < -0.3 is 42.6 Å². The Hall–Kier alpha value is -4.01. The molecule has 4 atom stereocenters. The summed E-state index contributed by atoms with van der Waals surface area (Å²) in [7, 11) is 0. The van der Waals surface area contributed by atoms with E-state index in [1.807, 2.05) is 0 Å². The van der Waals surface area contributed by atoms with Gasteiger partial charge in [0.1, 0.15) is 18.1 Å². The van der Waals surface area contributed by atoms with Crippen LogP contribution in [0.15, 0.2) is 12.5 Å². The molecule has 0 saturated carbocycles. The predicted molar refractivity (Wildman–Crippen MR) is 110 cm³/mol. The number of hydrogen-bond acceptors (Lipinski definition) is 8. The van der Waals surface area contributed by atoms with E-state index in [9.17, 15) is 33.9 Å². The summed E-state index contributed by atoms with van der Waals surface area (Å²) >= 11 is 0. The molecule has 0 spiro atoms. The van der Waals surface area contributed by atoms with Crippen LogP contribution in [0.1, 0.15) is 31.9 Å². The molecule has 0 aliphatic carbocycles. The highest BCUT2D eigenvalue weighted by atomic mass is 16.4. The zero-order valence-corrected chi connectivity index (χ0v) is 17.7. The molecule has 15 nitrogen and oxygen atoms in total. The second-order valence-corrected chi connectivity index (χ2v) is 7.19. The molecule has 1 aromatic rings. The van der Waals surface area contributed by atoms with E-state index < -0.39 is 72.6 Å². The van der Waals surface area contributed by atoms with Crippen molar-refractivity contribution >= 4 is 35.6 Å². The van der Waals surface area contributed by atoms with Crippen LogP contribution >= 0.6 is 0 Å². The Morgan fingerprint density at radius 3 is 2.06 bits per heavy atom. The lowest BCUT2D eigenvalue weighted by Gasteiger charge is -2.24. The number of aromatic nitrogens is 2. The first kappa shape index (κ1) is 27.0. The van der Waals surface area contributed by atoms with Gasteiger partial charge >= 0.3 is 11.9 Å². The SMILES string of the molecule is CC(N)C(=O)NC(CCC(=O)O)C(=O)NC(CC(N)=O)C(=O)NC(Cc1cnc[nH]1)C(=O)O. The minimum atomic E-state index is -1.59. The Labute approximate surface area is 187 Å². The summed E-state index contributed by atoms with van der Waals surface area (Å²) < 4.78 is 0. The number of aliphatic carboxylic acids is 2. The molecule has 182 valence electrons. The van der Waals surface area contributed by atoms with E-state index in [0.29, 0.717) is 5.69 Å². The van der Waals surface area contributed by atoms with Gasteiger partial charge in [0.05, 0.1) is 18.8 Å². The fourth-order valence-corrected chi connectivity index (χ4v) is 2.61. The normalized spacial score (nSPS) is 14.2. The Balaban J connectivity index is 2.98. The maximum absolute atomic E-state index is 12.7. The molecule has 0 aliphatic rings. The number of H-pyrrole nitrogens is 1. The van der Waals surface area contributed by atoms with Crippen molar-refractivity contribution in [1.29, 1.82) is 0 Å². The smallest absolute Gasteiger partial charge is 0.326 e. The predicted octanol–water partition coefficient (Wildman–Crippen LogP) is -3.42. The van der Waals surface area contributed by atoms with Gasteiger partial charge in [0.15, 0.2) is 0 Å². The minimum Gasteiger partial charge on any atom is -0.481 e. The summed E-state index contributed by atoms with van der Waals surface area (Å²) in [5.41, 5.74) is 11.0. The molecule has 1 heterocycles. The van der Waals surface area contributed by atoms with Crippen molar-refractivity contribution in [3.63, 3.8) is 0 Å². The van der Waals surface area contributed by atoms with Crippen molar-refractivity contribution in [2.45, 2.75) is 56.8 Å². The first-order chi connectivity index (χ1) is 15.4. The monoisotopic (exact) mass is 469 g/mol. The molecule has 0 aliphatic heterocycles. The second-order valence-electron chi connectivity index (χ2n) is 7.19. The quantitative estimate of drug-likeness (QED) is 0.134. The van der Waals surface area contributed by atoms with Crippen LogP contribution in [0.2, 0.25) is 0 Å². The number of primary amides is 1. The van der Waals surface area contributed by atoms with Gasteiger partial charge in [-0.3, -0.25) is 24.0 Å². The molecule has 0 aromatic carbocycles. The summed E-state index contributed by atoms with van der Waals surface area (Å²) in [5.74, 6) is -6.35. The number of carboxylic acids is 2. The fraction of sp³-hybridized carbons (Fsp3) is 0.500. The third kappa shape index (κ3) is 9.77. The zero-order chi connectivity index (χ0) is 25.1. The minimum absolute atomic E-state index is 0.163. The average Bonchev–Trinajstić information content (AvgIpc) is 3.22. The standard InChI is InChI=1S/C18H27N7O8/c1-8(19)15(29)23-10(2-3-14(27)28)16(30)24-11(5-13(20)26)17(31)25-12(18(32)33)4-9-6-21-7-22-9/h6-8,10-12H,2-5,19H2,1H3,(H2,20,26)(H,21,22)(H,23,29)(H,24,30)(H,25,31)(H,27,28)(H,32,33). The maximum Gasteiger partial charge on any atom is 0.326 e. The van der Waals surface area contributed by atoms with E-state index in [0.717, 1.165) is 0 Å². The van der Waals surface area contributed by atoms with Crippen molar-refractivity contribution in [1.82, 2.24) is 25.9 Å². The van der Waals surface area contributed by atoms with Crippen LogP contribution in [-0.4, -0.2) is 79.9 Å². The lowest BCUT2D eigenvalue weighted by molar-refractivity contribution is -0.142. The van der Waals surface area contributed by atoms with Gasteiger partial charge in [-0.05, 0) is 13.3 Å². The Morgan fingerprint density at radius 2 is 1.58 bits per heavy atom. The zero-order valence-electron chi connectivity index (χ0n) is 17.7. The average molecular weight is 469 g/mol. The highest BCUT2D eigenvalue weighted by molar-refractivity contribution is 5.96. The number of nitrogens with one attached hydrogen (secondary N) is 4. The number of nitrogens with zero attached hydrogens (tertiary/aromatic N) is 1. The summed E-state index contributed by atoms with van der Waals surface area (Å²) in [6, 6.07) is -5.40. The second kappa shape index (κ2) is 12.7. The maximum atomic E-state index is 12.7. The van der Waals surface area contributed by atoms with E-state index in [-0.39, 0.29) is 12.8 Å². The number of carbonyl (C=O) groups excluding carboxylic acids is 4.